The van der Waals surface area contributed by atoms with Crippen molar-refractivity contribution in [2.24, 2.45) is 0 Å². The number of furan rings is 1. The van der Waals surface area contributed by atoms with Gasteiger partial charge >= 0.3 is 5.63 Å². The van der Waals surface area contributed by atoms with Gasteiger partial charge in [-0.15, -0.1) is 0 Å². The quantitative estimate of drug-likeness (QED) is 0.607. The van der Waals surface area contributed by atoms with Crippen LogP contribution in [0.4, 0.5) is 0 Å². The highest BCUT2D eigenvalue weighted by Crippen LogP contribution is 2.39. The summed E-state index contributed by atoms with van der Waals surface area (Å²) >= 11 is 0. The van der Waals surface area contributed by atoms with Gasteiger partial charge in [-0.05, 0) is 17.7 Å². The first kappa shape index (κ1) is 13.5. The third-order valence-corrected chi connectivity index (χ3v) is 3.76. The Bertz CT molecular complexity index is 1070. The molecule has 0 unspecified atom stereocenters. The maximum atomic E-state index is 12.3. The Labute approximate surface area is 130 Å². The van der Waals surface area contributed by atoms with Crippen LogP contribution in [0.1, 0.15) is 0 Å². The Kier molecular flexibility index (Phi) is 2.87. The number of benzene rings is 2. The van der Waals surface area contributed by atoms with Crippen molar-refractivity contribution in [2.45, 2.75) is 0 Å². The first-order chi connectivity index (χ1) is 11.2. The number of fused-ring (bicyclic) bond motifs is 3. The minimum Gasteiger partial charge on any atom is -0.504 e. The maximum Gasteiger partial charge on any atom is 0.348 e. The first-order valence-electron chi connectivity index (χ1n) is 7.01. The van der Waals surface area contributed by atoms with E-state index in [2.05, 4.69) is 0 Å². The van der Waals surface area contributed by atoms with Crippen LogP contribution in [0.3, 0.4) is 0 Å². The number of hydrogen-bond acceptors (Lipinski definition) is 5. The van der Waals surface area contributed by atoms with Crippen molar-refractivity contribution in [3.63, 3.8) is 0 Å². The molecule has 0 radical (unpaired) electrons. The van der Waals surface area contributed by atoms with Crippen LogP contribution in [0, 0.1) is 0 Å². The monoisotopic (exact) mass is 308 g/mol. The van der Waals surface area contributed by atoms with Gasteiger partial charge in [-0.2, -0.15) is 0 Å². The van der Waals surface area contributed by atoms with E-state index in [4.69, 9.17) is 13.6 Å². The summed E-state index contributed by atoms with van der Waals surface area (Å²) in [6, 6.07) is 14.0. The van der Waals surface area contributed by atoms with Crippen LogP contribution in [0.25, 0.3) is 33.3 Å². The minimum absolute atomic E-state index is 0.0871. The molecule has 0 aliphatic heterocycles. The van der Waals surface area contributed by atoms with Crippen LogP contribution < -0.4 is 10.4 Å². The Morgan fingerprint density at radius 2 is 1.78 bits per heavy atom. The molecule has 0 fully saturated rings. The molecule has 4 rings (SSSR count). The number of rotatable bonds is 2. The topological polar surface area (TPSA) is 72.8 Å². The lowest BCUT2D eigenvalue weighted by Crippen LogP contribution is -2.02. The summed E-state index contributed by atoms with van der Waals surface area (Å²) in [5, 5.41) is 11.1. The van der Waals surface area contributed by atoms with Gasteiger partial charge in [0, 0.05) is 6.07 Å². The molecule has 4 aromatic rings. The van der Waals surface area contributed by atoms with Crippen LogP contribution in [0.5, 0.6) is 11.5 Å². The van der Waals surface area contributed by atoms with Crippen molar-refractivity contribution in [2.75, 3.05) is 7.11 Å². The van der Waals surface area contributed by atoms with Crippen molar-refractivity contribution in [1.82, 2.24) is 0 Å². The molecule has 1 N–H and O–H groups in total. The maximum absolute atomic E-state index is 12.3. The highest BCUT2D eigenvalue weighted by molar-refractivity contribution is 6.04. The fourth-order valence-corrected chi connectivity index (χ4v) is 2.65. The van der Waals surface area contributed by atoms with E-state index in [1.165, 1.54) is 0 Å². The Morgan fingerprint density at radius 3 is 2.52 bits per heavy atom. The molecule has 23 heavy (non-hydrogen) atoms. The van der Waals surface area contributed by atoms with Crippen LogP contribution >= 0.6 is 0 Å². The molecular formula is C18H12O5. The molecule has 0 saturated heterocycles. The summed E-state index contributed by atoms with van der Waals surface area (Å²) in [6.45, 7) is 0. The lowest BCUT2D eigenvalue weighted by molar-refractivity contribution is 0.414. The van der Waals surface area contributed by atoms with Gasteiger partial charge in [0.25, 0.3) is 0 Å². The third-order valence-electron chi connectivity index (χ3n) is 3.76. The summed E-state index contributed by atoms with van der Waals surface area (Å²) in [5.41, 5.74) is 0.891. The molecule has 0 saturated carbocycles. The first-order valence-corrected chi connectivity index (χ1v) is 7.01. The average Bonchev–Trinajstić information content (AvgIpc) is 2.94. The Morgan fingerprint density at radius 1 is 1.00 bits per heavy atom. The molecule has 2 aromatic carbocycles. The summed E-state index contributed by atoms with van der Waals surface area (Å²) < 4.78 is 16.2. The predicted molar refractivity (Wildman–Crippen MR) is 85.9 cm³/mol. The number of aromatic hydroxyl groups is 1. The van der Waals surface area contributed by atoms with Gasteiger partial charge in [0.05, 0.1) is 12.5 Å². The van der Waals surface area contributed by atoms with Gasteiger partial charge in [-0.25, -0.2) is 4.79 Å². The van der Waals surface area contributed by atoms with Gasteiger partial charge in [0.15, 0.2) is 11.3 Å². The molecule has 0 aliphatic rings. The van der Waals surface area contributed by atoms with E-state index in [0.29, 0.717) is 22.3 Å². The SMILES string of the molecule is COc1ccc2c(c1)oc1c(O)c(-c3ccccc3)c(=O)oc12. The number of methoxy groups -OCH3 is 1. The lowest BCUT2D eigenvalue weighted by atomic mass is 10.1. The molecule has 2 heterocycles. The van der Waals surface area contributed by atoms with E-state index in [-0.39, 0.29) is 22.5 Å². The standard InChI is InChI=1S/C18H12O5/c1-21-11-7-8-12-13(9-11)22-17-15(19)14(18(20)23-16(12)17)10-5-3-2-4-6-10/h2-9,19H,1H3. The summed E-state index contributed by atoms with van der Waals surface area (Å²) in [4.78, 5) is 12.3. The molecule has 114 valence electrons. The highest BCUT2D eigenvalue weighted by atomic mass is 16.5. The molecular weight excluding hydrogens is 296 g/mol. The van der Waals surface area contributed by atoms with E-state index in [1.807, 2.05) is 6.07 Å². The Balaban J connectivity index is 2.09. The second-order valence-electron chi connectivity index (χ2n) is 5.10. The molecule has 5 heteroatoms. The van der Waals surface area contributed by atoms with Gasteiger partial charge < -0.3 is 18.7 Å². The summed E-state index contributed by atoms with van der Waals surface area (Å²) in [5.74, 6) is 0.388. The zero-order valence-corrected chi connectivity index (χ0v) is 12.2. The van der Waals surface area contributed by atoms with Crippen molar-refractivity contribution in [3.05, 3.63) is 59.0 Å². The zero-order valence-electron chi connectivity index (χ0n) is 12.2. The molecule has 0 spiro atoms. The number of hydrogen-bond donors (Lipinski definition) is 1. The molecule has 0 amide bonds. The normalized spacial score (nSPS) is 11.2. The van der Waals surface area contributed by atoms with Gasteiger partial charge in [-0.1, -0.05) is 30.3 Å². The fourth-order valence-electron chi connectivity index (χ4n) is 2.65. The zero-order chi connectivity index (χ0) is 16.0. The molecule has 0 bridgehead atoms. The smallest absolute Gasteiger partial charge is 0.348 e. The van der Waals surface area contributed by atoms with Crippen LogP contribution in [0.15, 0.2) is 62.2 Å². The van der Waals surface area contributed by atoms with Gasteiger partial charge in [0.1, 0.15) is 16.9 Å². The molecule has 0 atom stereocenters. The van der Waals surface area contributed by atoms with Crippen LogP contribution in [0.2, 0.25) is 0 Å². The lowest BCUT2D eigenvalue weighted by Gasteiger charge is -2.02. The van der Waals surface area contributed by atoms with E-state index < -0.39 is 5.63 Å². The van der Waals surface area contributed by atoms with Gasteiger partial charge in [-0.3, -0.25) is 0 Å². The number of ether oxygens (including phenoxy) is 1. The van der Waals surface area contributed by atoms with Gasteiger partial charge in [0.2, 0.25) is 5.58 Å². The average molecular weight is 308 g/mol. The third kappa shape index (κ3) is 1.97. The van der Waals surface area contributed by atoms with E-state index in [9.17, 15) is 9.90 Å². The second-order valence-corrected chi connectivity index (χ2v) is 5.10. The minimum atomic E-state index is -0.611. The fraction of sp³-hybridized carbons (Fsp3) is 0.0556. The van der Waals surface area contributed by atoms with Crippen molar-refractivity contribution in [3.8, 4) is 22.6 Å². The Hall–Kier alpha value is -3.21. The van der Waals surface area contributed by atoms with E-state index in [1.54, 1.807) is 49.6 Å². The van der Waals surface area contributed by atoms with Crippen LogP contribution in [-0.4, -0.2) is 12.2 Å². The predicted octanol–water partition coefficient (Wildman–Crippen LogP) is 3.92. The van der Waals surface area contributed by atoms with Crippen molar-refractivity contribution >= 4 is 22.1 Å². The van der Waals surface area contributed by atoms with Crippen LogP contribution in [-0.2, 0) is 0 Å². The largest absolute Gasteiger partial charge is 0.504 e. The summed E-state index contributed by atoms with van der Waals surface area (Å²) in [7, 11) is 1.55. The van der Waals surface area contributed by atoms with Crippen molar-refractivity contribution in [1.29, 1.82) is 0 Å². The highest BCUT2D eigenvalue weighted by Gasteiger charge is 2.21. The second kappa shape index (κ2) is 4.91. The molecule has 0 aliphatic carbocycles. The van der Waals surface area contributed by atoms with E-state index >= 15 is 0 Å². The molecule has 5 nitrogen and oxygen atoms in total. The van der Waals surface area contributed by atoms with Crippen molar-refractivity contribution < 1.29 is 18.7 Å². The molecule has 2 aromatic heterocycles. The summed E-state index contributed by atoms with van der Waals surface area (Å²) in [6.07, 6.45) is 0. The van der Waals surface area contributed by atoms with E-state index in [0.717, 1.165) is 0 Å².